The molecule has 0 atom stereocenters. The molecule has 8 heteroatoms. The van der Waals surface area contributed by atoms with Crippen LogP contribution >= 0.6 is 11.8 Å². The van der Waals surface area contributed by atoms with E-state index in [4.69, 9.17) is 9.47 Å². The minimum absolute atomic E-state index is 0.272. The van der Waals surface area contributed by atoms with Crippen LogP contribution in [0.1, 0.15) is 5.56 Å². The summed E-state index contributed by atoms with van der Waals surface area (Å²) in [4.78, 5) is 2.25. The van der Waals surface area contributed by atoms with Gasteiger partial charge in [-0.15, -0.1) is 10.2 Å². The van der Waals surface area contributed by atoms with Gasteiger partial charge in [-0.1, -0.05) is 30.0 Å². The van der Waals surface area contributed by atoms with Gasteiger partial charge in [0.15, 0.2) is 22.5 Å². The standard InChI is InChI=1S/C18H15FN4O2S/c19-14-4-2-1-3-13(14)17-20-21-18-23(17)9-22(10-26-18)8-12-5-6-15-16(7-12)25-11-24-15/h1-7H,8-11H2. The Morgan fingerprint density at radius 1 is 1.08 bits per heavy atom. The third-order valence-corrected chi connectivity index (χ3v) is 5.45. The predicted octanol–water partition coefficient (Wildman–Crippen LogP) is 3.34. The first-order valence-corrected chi connectivity index (χ1v) is 9.18. The van der Waals surface area contributed by atoms with E-state index in [1.54, 1.807) is 30.0 Å². The molecule has 26 heavy (non-hydrogen) atoms. The number of hydrogen-bond acceptors (Lipinski definition) is 6. The van der Waals surface area contributed by atoms with Gasteiger partial charge in [-0.3, -0.25) is 9.47 Å². The first-order valence-electron chi connectivity index (χ1n) is 8.20. The average Bonchev–Trinajstić information content (AvgIpc) is 3.28. The van der Waals surface area contributed by atoms with E-state index in [9.17, 15) is 4.39 Å². The van der Waals surface area contributed by atoms with Gasteiger partial charge in [-0.05, 0) is 29.8 Å². The summed E-state index contributed by atoms with van der Waals surface area (Å²) in [6, 6.07) is 12.6. The van der Waals surface area contributed by atoms with E-state index in [0.717, 1.165) is 34.6 Å². The molecule has 0 radical (unpaired) electrons. The highest BCUT2D eigenvalue weighted by Crippen LogP contribution is 2.34. The van der Waals surface area contributed by atoms with E-state index in [0.29, 0.717) is 18.1 Å². The van der Waals surface area contributed by atoms with Crippen LogP contribution in [0.5, 0.6) is 11.5 Å². The van der Waals surface area contributed by atoms with Gasteiger partial charge in [-0.2, -0.15) is 0 Å². The molecule has 5 rings (SSSR count). The third kappa shape index (κ3) is 2.71. The molecule has 1 aromatic heterocycles. The number of rotatable bonds is 3. The maximum Gasteiger partial charge on any atom is 0.231 e. The molecular weight excluding hydrogens is 355 g/mol. The largest absolute Gasteiger partial charge is 0.454 e. The SMILES string of the molecule is Fc1ccccc1-c1nnc2n1CN(Cc1ccc3c(c1)OCO3)CS2. The van der Waals surface area contributed by atoms with E-state index in [2.05, 4.69) is 15.1 Å². The van der Waals surface area contributed by atoms with Crippen LogP contribution in [0.2, 0.25) is 0 Å². The van der Waals surface area contributed by atoms with E-state index in [1.165, 1.54) is 6.07 Å². The number of benzene rings is 2. The minimum Gasteiger partial charge on any atom is -0.454 e. The second kappa shape index (κ2) is 6.30. The number of thioether (sulfide) groups is 1. The Labute approximate surface area is 153 Å². The Morgan fingerprint density at radius 3 is 2.88 bits per heavy atom. The van der Waals surface area contributed by atoms with Gasteiger partial charge >= 0.3 is 0 Å². The van der Waals surface area contributed by atoms with E-state index in [1.807, 2.05) is 22.8 Å². The fraction of sp³-hybridized carbons (Fsp3) is 0.222. The predicted molar refractivity (Wildman–Crippen MR) is 94.2 cm³/mol. The Kier molecular flexibility index (Phi) is 3.79. The van der Waals surface area contributed by atoms with Crippen LogP contribution in [0.4, 0.5) is 4.39 Å². The second-order valence-corrected chi connectivity index (χ2v) is 7.06. The van der Waals surface area contributed by atoms with Crippen molar-refractivity contribution in [2.45, 2.75) is 18.4 Å². The molecule has 0 aliphatic carbocycles. The van der Waals surface area contributed by atoms with Crippen molar-refractivity contribution in [3.05, 3.63) is 53.8 Å². The lowest BCUT2D eigenvalue weighted by Gasteiger charge is -2.27. The van der Waals surface area contributed by atoms with Gasteiger partial charge in [0.25, 0.3) is 0 Å². The van der Waals surface area contributed by atoms with Crippen molar-refractivity contribution in [3.8, 4) is 22.9 Å². The maximum atomic E-state index is 14.2. The summed E-state index contributed by atoms with van der Waals surface area (Å²) in [5, 5.41) is 9.23. The number of hydrogen-bond donors (Lipinski definition) is 0. The van der Waals surface area contributed by atoms with Gasteiger partial charge in [0.2, 0.25) is 6.79 Å². The van der Waals surface area contributed by atoms with Crippen LogP contribution in [-0.4, -0.2) is 32.3 Å². The first-order chi connectivity index (χ1) is 12.8. The highest BCUT2D eigenvalue weighted by Gasteiger charge is 2.24. The number of halogens is 1. The Morgan fingerprint density at radius 2 is 1.96 bits per heavy atom. The van der Waals surface area contributed by atoms with Gasteiger partial charge in [0, 0.05) is 6.54 Å². The molecule has 0 amide bonds. The van der Waals surface area contributed by atoms with Crippen molar-refractivity contribution >= 4 is 11.8 Å². The molecule has 6 nitrogen and oxygen atoms in total. The zero-order valence-corrected chi connectivity index (χ0v) is 14.6. The molecule has 0 fully saturated rings. The number of ether oxygens (including phenoxy) is 2. The van der Waals surface area contributed by atoms with Gasteiger partial charge in [0.05, 0.1) is 18.1 Å². The van der Waals surface area contributed by atoms with E-state index < -0.39 is 0 Å². The summed E-state index contributed by atoms with van der Waals surface area (Å²) in [5.74, 6) is 2.62. The van der Waals surface area contributed by atoms with Crippen molar-refractivity contribution in [2.75, 3.05) is 12.7 Å². The average molecular weight is 370 g/mol. The molecular formula is C18H15FN4O2S. The molecule has 2 aromatic carbocycles. The van der Waals surface area contributed by atoms with Crippen LogP contribution in [0.25, 0.3) is 11.4 Å². The van der Waals surface area contributed by atoms with Crippen molar-refractivity contribution in [1.82, 2.24) is 19.7 Å². The Bertz CT molecular complexity index is 978. The normalized spacial score (nSPS) is 15.9. The molecule has 0 bridgehead atoms. The molecule has 0 saturated carbocycles. The maximum absolute atomic E-state index is 14.2. The van der Waals surface area contributed by atoms with Crippen molar-refractivity contribution in [2.24, 2.45) is 0 Å². The van der Waals surface area contributed by atoms with Gasteiger partial charge in [0.1, 0.15) is 5.82 Å². The Hall–Kier alpha value is -2.58. The first kappa shape index (κ1) is 15.7. The minimum atomic E-state index is -0.291. The van der Waals surface area contributed by atoms with Crippen molar-refractivity contribution in [1.29, 1.82) is 0 Å². The molecule has 0 N–H and O–H groups in total. The topological polar surface area (TPSA) is 52.4 Å². The summed E-state index contributed by atoms with van der Waals surface area (Å²) < 4.78 is 26.9. The summed E-state index contributed by atoms with van der Waals surface area (Å²) in [6.07, 6.45) is 0. The lowest BCUT2D eigenvalue weighted by atomic mass is 10.2. The molecule has 132 valence electrons. The van der Waals surface area contributed by atoms with E-state index in [-0.39, 0.29) is 12.6 Å². The number of aromatic nitrogens is 3. The van der Waals surface area contributed by atoms with Crippen molar-refractivity contribution in [3.63, 3.8) is 0 Å². The molecule has 2 aliphatic rings. The number of nitrogens with zero attached hydrogens (tertiary/aromatic N) is 4. The molecule has 0 saturated heterocycles. The fourth-order valence-corrected chi connectivity index (χ4v) is 4.02. The smallest absolute Gasteiger partial charge is 0.231 e. The summed E-state index contributed by atoms with van der Waals surface area (Å²) in [5.41, 5.74) is 1.61. The lowest BCUT2D eigenvalue weighted by Crippen LogP contribution is -2.30. The van der Waals surface area contributed by atoms with Crippen LogP contribution in [0, 0.1) is 5.82 Å². The third-order valence-electron chi connectivity index (χ3n) is 4.39. The quantitative estimate of drug-likeness (QED) is 0.705. The van der Waals surface area contributed by atoms with Gasteiger partial charge < -0.3 is 9.47 Å². The van der Waals surface area contributed by atoms with Gasteiger partial charge in [-0.25, -0.2) is 4.39 Å². The zero-order chi connectivity index (χ0) is 17.5. The monoisotopic (exact) mass is 370 g/mol. The molecule has 3 aromatic rings. The second-order valence-electron chi connectivity index (χ2n) is 6.15. The molecule has 3 heterocycles. The zero-order valence-electron chi connectivity index (χ0n) is 13.8. The van der Waals surface area contributed by atoms with E-state index >= 15 is 0 Å². The summed E-state index contributed by atoms with van der Waals surface area (Å²) in [6.45, 7) is 1.62. The fourth-order valence-electron chi connectivity index (χ4n) is 3.15. The molecule has 0 spiro atoms. The summed E-state index contributed by atoms with van der Waals surface area (Å²) >= 11 is 1.60. The van der Waals surface area contributed by atoms with Crippen LogP contribution in [0.15, 0.2) is 47.6 Å². The molecule has 2 aliphatic heterocycles. The number of fused-ring (bicyclic) bond motifs is 2. The lowest BCUT2D eigenvalue weighted by molar-refractivity contribution is 0.174. The summed E-state index contributed by atoms with van der Waals surface area (Å²) in [7, 11) is 0. The Balaban J connectivity index is 1.40. The molecule has 0 unspecified atom stereocenters. The van der Waals surface area contributed by atoms with Crippen LogP contribution in [-0.2, 0) is 13.2 Å². The van der Waals surface area contributed by atoms with Crippen LogP contribution < -0.4 is 9.47 Å². The van der Waals surface area contributed by atoms with Crippen LogP contribution in [0.3, 0.4) is 0 Å². The highest BCUT2D eigenvalue weighted by molar-refractivity contribution is 7.99. The highest BCUT2D eigenvalue weighted by atomic mass is 32.2. The van der Waals surface area contributed by atoms with Crippen molar-refractivity contribution < 1.29 is 13.9 Å².